The van der Waals surface area contributed by atoms with Crippen molar-refractivity contribution in [2.45, 2.75) is 39.1 Å². The van der Waals surface area contributed by atoms with Gasteiger partial charge in [-0.15, -0.1) is 6.42 Å². The van der Waals surface area contributed by atoms with Gasteiger partial charge in [0.15, 0.2) is 16.9 Å². The van der Waals surface area contributed by atoms with Crippen molar-refractivity contribution in [2.75, 3.05) is 26.4 Å². The third-order valence-electron chi connectivity index (χ3n) is 5.82. The normalized spacial score (nSPS) is 20.3. The smallest absolute Gasteiger partial charge is 0.406 e. The van der Waals surface area contributed by atoms with Crippen LogP contribution in [-0.2, 0) is 29.6 Å². The number of aromatic nitrogens is 2. The predicted octanol–water partition coefficient (Wildman–Crippen LogP) is 2.60. The van der Waals surface area contributed by atoms with Crippen LogP contribution in [0.2, 0.25) is 0 Å². The van der Waals surface area contributed by atoms with Gasteiger partial charge >= 0.3 is 13.4 Å². The molecule has 0 bridgehead atoms. The molecule has 1 aromatic carbocycles. The second-order valence-corrected chi connectivity index (χ2v) is 11.7. The van der Waals surface area contributed by atoms with E-state index in [1.165, 1.54) is 16.8 Å². The molecule has 1 aliphatic heterocycles. The number of hydrogen-bond donors (Lipinski definition) is 3. The van der Waals surface area contributed by atoms with Gasteiger partial charge in [-0.3, -0.25) is 23.4 Å². The van der Waals surface area contributed by atoms with E-state index in [1.807, 2.05) is 30.3 Å². The second-order valence-electron chi connectivity index (χ2n) is 9.48. The Hall–Kier alpha value is -2.88. The molecule has 13 heteroatoms. The molecule has 210 valence electrons. The number of aliphatic hydroxyl groups is 1. The number of thiocarbonyl (C=S) groups is 1. The molecule has 0 saturated heterocycles. The minimum atomic E-state index is -3.96. The Morgan fingerprint density at radius 2 is 2.03 bits per heavy atom. The zero-order valence-corrected chi connectivity index (χ0v) is 23.6. The van der Waals surface area contributed by atoms with Gasteiger partial charge in [0.1, 0.15) is 13.2 Å². The molecule has 2 heterocycles. The van der Waals surface area contributed by atoms with E-state index in [9.17, 15) is 19.3 Å². The van der Waals surface area contributed by atoms with E-state index in [4.69, 9.17) is 37.2 Å². The maximum atomic E-state index is 13.7. The summed E-state index contributed by atoms with van der Waals surface area (Å²) in [5.74, 6) is 2.48. The maximum Gasteiger partial charge on any atom is 0.406 e. The highest BCUT2D eigenvalue weighted by atomic mass is 32.1. The minimum absolute atomic E-state index is 0.0319. The van der Waals surface area contributed by atoms with Crippen molar-refractivity contribution in [3.05, 3.63) is 80.6 Å². The first kappa shape index (κ1) is 30.7. The summed E-state index contributed by atoms with van der Waals surface area (Å²) >= 11 is 5.20. The van der Waals surface area contributed by atoms with E-state index in [0.717, 1.165) is 5.56 Å². The van der Waals surface area contributed by atoms with Crippen LogP contribution in [0.15, 0.2) is 58.3 Å². The second kappa shape index (κ2) is 13.0. The Balaban J connectivity index is 1.69. The van der Waals surface area contributed by atoms with Crippen LogP contribution < -0.4 is 16.3 Å². The van der Waals surface area contributed by atoms with E-state index in [1.54, 1.807) is 26.8 Å². The Bertz CT molecular complexity index is 1400. The van der Waals surface area contributed by atoms with E-state index in [2.05, 4.69) is 16.0 Å². The highest BCUT2D eigenvalue weighted by Crippen LogP contribution is 2.46. The molecule has 0 amide bonds. The van der Waals surface area contributed by atoms with Crippen LogP contribution in [0.5, 0.6) is 0 Å². The van der Waals surface area contributed by atoms with E-state index < -0.39 is 36.2 Å². The number of hydrogen-bond acceptors (Lipinski definition) is 9. The van der Waals surface area contributed by atoms with Gasteiger partial charge in [0, 0.05) is 18.3 Å². The molecule has 1 aromatic heterocycles. The predicted molar refractivity (Wildman–Crippen MR) is 149 cm³/mol. The summed E-state index contributed by atoms with van der Waals surface area (Å²) in [7, 11) is -3.96. The standard InChI is InChI=1S/C26H32N3O8PS/c1-5-26(12-11-21(37-26)29-16-19(2)22(31)28-24(29)32)18-36-38(33,27-15-20-9-7-6-8-10-20)35-14-13-34-23(39)25(3,4)17-30/h1,6-12,16,21,30H,13-15,17-18H2,2-4H3,(H,27,33)(H,28,31,32)/t21-,26+,38+/m1/s1. The van der Waals surface area contributed by atoms with Crippen molar-refractivity contribution in [2.24, 2.45) is 5.41 Å². The van der Waals surface area contributed by atoms with Gasteiger partial charge in [-0.1, -0.05) is 36.3 Å². The summed E-state index contributed by atoms with van der Waals surface area (Å²) in [5, 5.41) is 12.4. The fourth-order valence-corrected chi connectivity index (χ4v) is 4.77. The molecule has 3 rings (SSSR count). The average molecular weight is 578 g/mol. The first-order valence-corrected chi connectivity index (χ1v) is 14.0. The topological polar surface area (TPSA) is 141 Å². The molecule has 0 unspecified atom stereocenters. The van der Waals surface area contributed by atoms with Gasteiger partial charge in [-0.2, -0.15) is 0 Å². The number of rotatable bonds is 13. The van der Waals surface area contributed by atoms with Crippen molar-refractivity contribution in [3.8, 4) is 12.3 Å². The number of aromatic amines is 1. The molecule has 3 atom stereocenters. The Morgan fingerprint density at radius 3 is 2.69 bits per heavy atom. The number of nitrogens with zero attached hydrogens (tertiary/aromatic N) is 1. The largest absolute Gasteiger partial charge is 0.484 e. The number of H-pyrrole nitrogens is 1. The number of benzene rings is 1. The quantitative estimate of drug-likeness (QED) is 0.107. The van der Waals surface area contributed by atoms with Crippen LogP contribution in [-0.4, -0.2) is 51.7 Å². The highest BCUT2D eigenvalue weighted by Gasteiger charge is 2.39. The first-order valence-electron chi connectivity index (χ1n) is 12.1. The van der Waals surface area contributed by atoms with Crippen molar-refractivity contribution in [3.63, 3.8) is 0 Å². The van der Waals surface area contributed by atoms with Crippen molar-refractivity contribution >= 4 is 25.0 Å². The summed E-state index contributed by atoms with van der Waals surface area (Å²) < 4.78 is 37.6. The van der Waals surface area contributed by atoms with Crippen LogP contribution in [0.3, 0.4) is 0 Å². The summed E-state index contributed by atoms with van der Waals surface area (Å²) in [5.41, 5.74) is -2.22. The Kier molecular flexibility index (Phi) is 10.2. The van der Waals surface area contributed by atoms with E-state index in [-0.39, 0.29) is 38.0 Å². The third kappa shape index (κ3) is 8.06. The molecule has 0 saturated carbocycles. The van der Waals surface area contributed by atoms with E-state index in [0.29, 0.717) is 5.56 Å². The summed E-state index contributed by atoms with van der Waals surface area (Å²) in [6.07, 6.45) is 9.25. The van der Waals surface area contributed by atoms with Gasteiger partial charge in [-0.25, -0.2) is 14.4 Å². The molecular weight excluding hydrogens is 545 g/mol. The van der Waals surface area contributed by atoms with Crippen LogP contribution >= 0.6 is 20.0 Å². The summed E-state index contributed by atoms with van der Waals surface area (Å²) in [6, 6.07) is 9.22. The average Bonchev–Trinajstić information content (AvgIpc) is 3.36. The first-order chi connectivity index (χ1) is 18.4. The molecule has 39 heavy (non-hydrogen) atoms. The molecule has 2 aromatic rings. The fourth-order valence-electron chi connectivity index (χ4n) is 3.31. The number of aliphatic hydroxyl groups excluding tert-OH is 1. The lowest BCUT2D eigenvalue weighted by atomic mass is 9.96. The molecule has 1 aliphatic rings. The molecule has 11 nitrogen and oxygen atoms in total. The van der Waals surface area contributed by atoms with Gasteiger partial charge < -0.3 is 14.6 Å². The van der Waals surface area contributed by atoms with Crippen LogP contribution in [0, 0.1) is 24.7 Å². The van der Waals surface area contributed by atoms with Crippen LogP contribution in [0.25, 0.3) is 0 Å². The van der Waals surface area contributed by atoms with Crippen molar-refractivity contribution in [1.82, 2.24) is 14.6 Å². The number of aryl methyl sites for hydroxylation is 1. The van der Waals surface area contributed by atoms with Crippen molar-refractivity contribution < 1.29 is 28.2 Å². The lowest BCUT2D eigenvalue weighted by molar-refractivity contribution is -0.0483. The lowest BCUT2D eigenvalue weighted by Gasteiger charge is -2.27. The number of terminal acetylenes is 1. The van der Waals surface area contributed by atoms with Gasteiger partial charge in [0.05, 0.1) is 18.6 Å². The Labute approximate surface area is 231 Å². The monoisotopic (exact) mass is 577 g/mol. The Morgan fingerprint density at radius 1 is 1.31 bits per heavy atom. The maximum absolute atomic E-state index is 13.7. The molecular formula is C26H32N3O8PS. The number of ether oxygens (including phenoxy) is 2. The third-order valence-corrected chi connectivity index (χ3v) is 8.03. The summed E-state index contributed by atoms with van der Waals surface area (Å²) in [6.45, 7) is 4.45. The number of nitrogens with one attached hydrogen (secondary N) is 2. The molecule has 0 aliphatic carbocycles. The highest BCUT2D eigenvalue weighted by molar-refractivity contribution is 7.80. The zero-order valence-electron chi connectivity index (χ0n) is 21.9. The summed E-state index contributed by atoms with van der Waals surface area (Å²) in [4.78, 5) is 26.2. The fraction of sp³-hybridized carbons (Fsp3) is 0.423. The minimum Gasteiger partial charge on any atom is -0.484 e. The molecule has 0 fully saturated rings. The molecule has 0 spiro atoms. The van der Waals surface area contributed by atoms with Gasteiger partial charge in [0.25, 0.3) is 5.56 Å². The van der Waals surface area contributed by atoms with Gasteiger partial charge in [0.2, 0.25) is 0 Å². The van der Waals surface area contributed by atoms with Crippen LogP contribution in [0.4, 0.5) is 0 Å². The van der Waals surface area contributed by atoms with Crippen LogP contribution in [0.1, 0.15) is 31.2 Å². The van der Waals surface area contributed by atoms with Gasteiger partial charge in [-0.05, 0) is 50.7 Å². The molecule has 3 N–H and O–H groups in total. The van der Waals surface area contributed by atoms with E-state index >= 15 is 0 Å². The lowest BCUT2D eigenvalue weighted by Crippen LogP contribution is -2.37. The zero-order chi connectivity index (χ0) is 28.7. The SMILES string of the molecule is C#C[C@@]1(CO[P@](=O)(NCc2ccccc2)OCCOC(=S)C(C)(C)CO)C=C[C@H](n2cc(C)c(=O)[nH]c2=O)O1. The molecule has 0 radical (unpaired) electrons. The van der Waals surface area contributed by atoms with Crippen molar-refractivity contribution in [1.29, 1.82) is 0 Å².